The Bertz CT molecular complexity index is 915. The van der Waals surface area contributed by atoms with Crippen LogP contribution in [0.1, 0.15) is 30.4 Å². The lowest BCUT2D eigenvalue weighted by Gasteiger charge is -2.24. The maximum atomic E-state index is 12.5. The molecule has 0 spiro atoms. The normalized spacial score (nSPS) is 18.9. The molecule has 2 N–H and O–H groups in total. The van der Waals surface area contributed by atoms with Crippen molar-refractivity contribution >= 4 is 40.9 Å². The molecular weight excluding hydrogens is 406 g/mol. The molecule has 0 aliphatic carbocycles. The van der Waals surface area contributed by atoms with Crippen molar-refractivity contribution in [2.75, 3.05) is 18.4 Å². The fourth-order valence-electron chi connectivity index (χ4n) is 3.76. The first kappa shape index (κ1) is 20.3. The van der Waals surface area contributed by atoms with Crippen LogP contribution in [0.5, 0.6) is 0 Å². The maximum absolute atomic E-state index is 12.5. The van der Waals surface area contributed by atoms with Gasteiger partial charge in [0.15, 0.2) is 0 Å². The molecule has 2 aromatic carbocycles. The van der Waals surface area contributed by atoms with Gasteiger partial charge in [0.05, 0.1) is 10.9 Å². The van der Waals surface area contributed by atoms with Gasteiger partial charge in [0.2, 0.25) is 11.8 Å². The summed E-state index contributed by atoms with van der Waals surface area (Å²) in [5, 5.41) is 5.98. The molecule has 2 aliphatic heterocycles. The highest BCUT2D eigenvalue weighted by Crippen LogP contribution is 2.38. The Morgan fingerprint density at radius 1 is 1.17 bits per heavy atom. The number of thioether (sulfide) groups is 1. The fraction of sp³-hybridized carbons (Fsp3) is 0.364. The summed E-state index contributed by atoms with van der Waals surface area (Å²) >= 11 is 7.39. The summed E-state index contributed by atoms with van der Waals surface area (Å²) in [5.41, 5.74) is 3.10. The number of hydrogen-bond donors (Lipinski definition) is 2. The lowest BCUT2D eigenvalue weighted by molar-refractivity contribution is -0.124. The molecule has 29 heavy (non-hydrogen) atoms. The number of amides is 2. The van der Waals surface area contributed by atoms with E-state index in [0.29, 0.717) is 17.3 Å². The third-order valence-corrected chi connectivity index (χ3v) is 6.83. The van der Waals surface area contributed by atoms with Crippen molar-refractivity contribution in [3.63, 3.8) is 0 Å². The van der Waals surface area contributed by atoms with Crippen LogP contribution in [-0.4, -0.2) is 35.1 Å². The molecule has 5 nitrogen and oxygen atoms in total. The minimum absolute atomic E-state index is 0.119. The third-order valence-electron chi connectivity index (χ3n) is 5.32. The van der Waals surface area contributed by atoms with Crippen LogP contribution in [0.4, 0.5) is 5.69 Å². The molecule has 1 atom stereocenters. The van der Waals surface area contributed by atoms with Crippen molar-refractivity contribution in [3.8, 4) is 0 Å². The Labute approximate surface area is 180 Å². The molecule has 2 aromatic rings. The first-order valence-electron chi connectivity index (χ1n) is 9.91. The van der Waals surface area contributed by atoms with E-state index in [1.807, 2.05) is 18.2 Å². The summed E-state index contributed by atoms with van der Waals surface area (Å²) in [4.78, 5) is 28.3. The van der Waals surface area contributed by atoms with E-state index >= 15 is 0 Å². The number of rotatable bonds is 6. The van der Waals surface area contributed by atoms with Crippen LogP contribution in [0.3, 0.4) is 0 Å². The standard InChI is InChI=1S/C22H24ClN3O2S/c23-17-7-8-19-18(11-17)25-22(28)20(29-19)12-21(27)24-13-15-5-1-2-6-16(15)14-26-9-3-4-10-26/h1-2,5-8,11,20H,3-4,9-10,12-14H2,(H,24,27)(H,25,28). The van der Waals surface area contributed by atoms with Gasteiger partial charge in [0.25, 0.3) is 0 Å². The largest absolute Gasteiger partial charge is 0.352 e. The minimum atomic E-state index is -0.441. The van der Waals surface area contributed by atoms with Gasteiger partial charge in [-0.3, -0.25) is 14.5 Å². The Kier molecular flexibility index (Phi) is 6.43. The van der Waals surface area contributed by atoms with Crippen LogP contribution in [0.25, 0.3) is 0 Å². The summed E-state index contributed by atoms with van der Waals surface area (Å²) in [7, 11) is 0. The van der Waals surface area contributed by atoms with Gasteiger partial charge >= 0.3 is 0 Å². The molecular formula is C22H24ClN3O2S. The Morgan fingerprint density at radius 3 is 2.72 bits per heavy atom. The maximum Gasteiger partial charge on any atom is 0.238 e. The number of nitrogens with zero attached hydrogens (tertiary/aromatic N) is 1. The molecule has 152 valence electrons. The van der Waals surface area contributed by atoms with Crippen LogP contribution in [0.2, 0.25) is 5.02 Å². The second-order valence-electron chi connectivity index (χ2n) is 7.47. The number of hydrogen-bond acceptors (Lipinski definition) is 4. The smallest absolute Gasteiger partial charge is 0.238 e. The number of carbonyl (C=O) groups is 2. The molecule has 2 aliphatic rings. The van der Waals surface area contributed by atoms with Gasteiger partial charge in [-0.25, -0.2) is 0 Å². The lowest BCUT2D eigenvalue weighted by Crippen LogP contribution is -2.34. The van der Waals surface area contributed by atoms with E-state index in [1.165, 1.54) is 30.2 Å². The van der Waals surface area contributed by atoms with Crippen LogP contribution >= 0.6 is 23.4 Å². The SMILES string of the molecule is O=C(CC1Sc2ccc(Cl)cc2NC1=O)NCc1ccccc1CN1CCCC1. The second-order valence-corrected chi connectivity index (χ2v) is 9.15. The van der Waals surface area contributed by atoms with Crippen molar-refractivity contribution < 1.29 is 9.59 Å². The molecule has 0 bridgehead atoms. The highest BCUT2D eigenvalue weighted by molar-refractivity contribution is 8.01. The van der Waals surface area contributed by atoms with Gasteiger partial charge in [-0.2, -0.15) is 0 Å². The number of carbonyl (C=O) groups excluding carboxylic acids is 2. The van der Waals surface area contributed by atoms with Gasteiger partial charge in [-0.05, 0) is 55.3 Å². The number of fused-ring (bicyclic) bond motifs is 1. The average Bonchev–Trinajstić information content (AvgIpc) is 3.21. The molecule has 1 unspecified atom stereocenters. The molecule has 1 fully saturated rings. The number of benzene rings is 2. The van der Waals surface area contributed by atoms with Crippen molar-refractivity contribution in [3.05, 3.63) is 58.6 Å². The van der Waals surface area contributed by atoms with E-state index in [2.05, 4.69) is 27.7 Å². The van der Waals surface area contributed by atoms with Gasteiger partial charge in [-0.15, -0.1) is 11.8 Å². The Hall–Kier alpha value is -2.02. The van der Waals surface area contributed by atoms with Crippen LogP contribution in [0.15, 0.2) is 47.4 Å². The van der Waals surface area contributed by atoms with Gasteiger partial charge < -0.3 is 10.6 Å². The number of likely N-dealkylation sites (tertiary alicyclic amines) is 1. The summed E-state index contributed by atoms with van der Waals surface area (Å²) < 4.78 is 0. The first-order valence-corrected chi connectivity index (χ1v) is 11.2. The van der Waals surface area contributed by atoms with E-state index in [4.69, 9.17) is 11.6 Å². The summed E-state index contributed by atoms with van der Waals surface area (Å²) in [6, 6.07) is 13.6. The van der Waals surface area contributed by atoms with E-state index < -0.39 is 5.25 Å². The van der Waals surface area contributed by atoms with E-state index in [1.54, 1.807) is 12.1 Å². The monoisotopic (exact) mass is 429 g/mol. The van der Waals surface area contributed by atoms with Crippen molar-refractivity contribution in [1.82, 2.24) is 10.2 Å². The first-order chi connectivity index (χ1) is 14.1. The molecule has 2 heterocycles. The topological polar surface area (TPSA) is 61.4 Å². The van der Waals surface area contributed by atoms with Crippen LogP contribution in [-0.2, 0) is 22.7 Å². The van der Waals surface area contributed by atoms with E-state index in [-0.39, 0.29) is 18.2 Å². The zero-order chi connectivity index (χ0) is 20.2. The van der Waals surface area contributed by atoms with Crippen LogP contribution in [0, 0.1) is 0 Å². The molecule has 2 amide bonds. The Balaban J connectivity index is 1.34. The van der Waals surface area contributed by atoms with Gasteiger partial charge in [0, 0.05) is 29.4 Å². The number of anilines is 1. The Morgan fingerprint density at radius 2 is 1.93 bits per heavy atom. The van der Waals surface area contributed by atoms with Crippen molar-refractivity contribution in [2.24, 2.45) is 0 Å². The van der Waals surface area contributed by atoms with Crippen molar-refractivity contribution in [2.45, 2.75) is 42.5 Å². The predicted octanol–water partition coefficient (Wildman–Crippen LogP) is 4.06. The molecule has 7 heteroatoms. The number of nitrogens with one attached hydrogen (secondary N) is 2. The fourth-order valence-corrected chi connectivity index (χ4v) is 5.02. The molecule has 1 saturated heterocycles. The predicted molar refractivity (Wildman–Crippen MR) is 117 cm³/mol. The van der Waals surface area contributed by atoms with Gasteiger partial charge in [0.1, 0.15) is 0 Å². The zero-order valence-electron chi connectivity index (χ0n) is 16.1. The second kappa shape index (κ2) is 9.20. The van der Waals surface area contributed by atoms with Crippen LogP contribution < -0.4 is 10.6 Å². The summed E-state index contributed by atoms with van der Waals surface area (Å²) in [5.74, 6) is -0.277. The summed E-state index contributed by atoms with van der Waals surface area (Å²) in [6.45, 7) is 3.68. The highest BCUT2D eigenvalue weighted by atomic mass is 35.5. The highest BCUT2D eigenvalue weighted by Gasteiger charge is 2.29. The molecule has 0 saturated carbocycles. The molecule has 0 aromatic heterocycles. The average molecular weight is 430 g/mol. The summed E-state index contributed by atoms with van der Waals surface area (Å²) in [6.07, 6.45) is 2.66. The number of halogens is 1. The lowest BCUT2D eigenvalue weighted by atomic mass is 10.1. The van der Waals surface area contributed by atoms with E-state index in [9.17, 15) is 9.59 Å². The quantitative estimate of drug-likeness (QED) is 0.727. The minimum Gasteiger partial charge on any atom is -0.352 e. The zero-order valence-corrected chi connectivity index (χ0v) is 17.7. The van der Waals surface area contributed by atoms with Crippen molar-refractivity contribution in [1.29, 1.82) is 0 Å². The molecule has 4 rings (SSSR count). The van der Waals surface area contributed by atoms with Gasteiger partial charge in [-0.1, -0.05) is 35.9 Å². The third kappa shape index (κ3) is 5.13. The molecule has 0 radical (unpaired) electrons. The van der Waals surface area contributed by atoms with E-state index in [0.717, 1.165) is 30.1 Å².